The number of hydrogen-bond donors (Lipinski definition) is 1. The molecule has 1 saturated heterocycles. The number of amides is 1. The van der Waals surface area contributed by atoms with Gasteiger partial charge in [0, 0.05) is 39.3 Å². The molecule has 1 aliphatic heterocycles. The summed E-state index contributed by atoms with van der Waals surface area (Å²) in [6, 6.07) is 5.32. The molecule has 1 aromatic carbocycles. The Morgan fingerprint density at radius 2 is 1.67 bits per heavy atom. The van der Waals surface area contributed by atoms with Gasteiger partial charge in [-0.05, 0) is 37.0 Å². The number of benzene rings is 1. The van der Waals surface area contributed by atoms with Gasteiger partial charge < -0.3 is 10.6 Å². The van der Waals surface area contributed by atoms with Crippen LogP contribution in [0.3, 0.4) is 0 Å². The zero-order chi connectivity index (χ0) is 20.1. The number of alkyl halides is 3. The first-order valence-electron chi connectivity index (χ1n) is 9.63. The molecule has 1 heterocycles. The summed E-state index contributed by atoms with van der Waals surface area (Å²) in [5.41, 5.74) is 5.65. The first kappa shape index (κ1) is 21.7. The lowest BCUT2D eigenvalue weighted by atomic mass is 9.81. The van der Waals surface area contributed by atoms with E-state index < -0.39 is 17.2 Å². The number of nitrogens with two attached hydrogens (primary N) is 1. The van der Waals surface area contributed by atoms with E-state index in [-0.39, 0.29) is 5.91 Å². The Morgan fingerprint density at radius 3 is 2.19 bits per heavy atom. The van der Waals surface area contributed by atoms with E-state index in [1.54, 1.807) is 0 Å². The van der Waals surface area contributed by atoms with Crippen LogP contribution in [-0.4, -0.2) is 48.4 Å². The van der Waals surface area contributed by atoms with Gasteiger partial charge in [-0.1, -0.05) is 26.0 Å². The third kappa shape index (κ3) is 5.23. The van der Waals surface area contributed by atoms with Crippen LogP contribution >= 0.6 is 0 Å². The molecule has 2 rings (SSSR count). The van der Waals surface area contributed by atoms with Crippen molar-refractivity contribution in [3.63, 3.8) is 0 Å². The molecular formula is C20H30F3N3O. The van der Waals surface area contributed by atoms with Crippen molar-refractivity contribution in [2.24, 2.45) is 11.1 Å². The van der Waals surface area contributed by atoms with Crippen molar-refractivity contribution in [2.75, 3.05) is 32.7 Å². The van der Waals surface area contributed by atoms with Gasteiger partial charge in [0.1, 0.15) is 0 Å². The standard InChI is InChI=1S/C20H30F3N3O/c1-3-19(4-2,15-24)18(27)26-11-5-10-25(12-13-26)14-16-6-8-17(9-7-16)20(21,22)23/h6-9H,3-5,10-15,24H2,1-2H3. The second-order valence-electron chi connectivity index (χ2n) is 7.31. The molecule has 27 heavy (non-hydrogen) atoms. The fourth-order valence-corrected chi connectivity index (χ4v) is 3.65. The minimum absolute atomic E-state index is 0.131. The second kappa shape index (κ2) is 9.06. The summed E-state index contributed by atoms with van der Waals surface area (Å²) in [5, 5.41) is 0. The van der Waals surface area contributed by atoms with E-state index in [0.717, 1.165) is 43.5 Å². The summed E-state index contributed by atoms with van der Waals surface area (Å²) in [5.74, 6) is 0.131. The predicted molar refractivity (Wildman–Crippen MR) is 100.0 cm³/mol. The fraction of sp³-hybridized carbons (Fsp3) is 0.650. The van der Waals surface area contributed by atoms with Gasteiger partial charge in [-0.25, -0.2) is 0 Å². The number of halogens is 3. The maximum atomic E-state index is 13.0. The van der Waals surface area contributed by atoms with E-state index in [2.05, 4.69) is 4.90 Å². The summed E-state index contributed by atoms with van der Waals surface area (Å²) in [6.45, 7) is 7.80. The van der Waals surface area contributed by atoms with Crippen molar-refractivity contribution in [3.8, 4) is 0 Å². The molecule has 1 aliphatic rings. The van der Waals surface area contributed by atoms with E-state index in [0.29, 0.717) is 32.7 Å². The van der Waals surface area contributed by atoms with Crippen LogP contribution in [0.25, 0.3) is 0 Å². The van der Waals surface area contributed by atoms with Crippen molar-refractivity contribution in [2.45, 2.75) is 45.8 Å². The molecule has 1 aromatic rings. The van der Waals surface area contributed by atoms with Crippen molar-refractivity contribution in [1.82, 2.24) is 9.80 Å². The minimum Gasteiger partial charge on any atom is -0.341 e. The molecule has 1 fully saturated rings. The zero-order valence-electron chi connectivity index (χ0n) is 16.2. The van der Waals surface area contributed by atoms with Crippen LogP contribution in [0.2, 0.25) is 0 Å². The smallest absolute Gasteiger partial charge is 0.341 e. The summed E-state index contributed by atoms with van der Waals surface area (Å²) in [4.78, 5) is 17.1. The lowest BCUT2D eigenvalue weighted by Crippen LogP contribution is -2.48. The monoisotopic (exact) mass is 385 g/mol. The Labute approximate surface area is 159 Å². The maximum Gasteiger partial charge on any atom is 0.416 e. The van der Waals surface area contributed by atoms with Gasteiger partial charge in [-0.3, -0.25) is 9.69 Å². The van der Waals surface area contributed by atoms with Gasteiger partial charge in [-0.2, -0.15) is 13.2 Å². The number of carbonyl (C=O) groups excluding carboxylic acids is 1. The molecule has 0 spiro atoms. The number of nitrogens with zero attached hydrogens (tertiary/aromatic N) is 2. The van der Waals surface area contributed by atoms with Crippen molar-refractivity contribution in [3.05, 3.63) is 35.4 Å². The molecule has 152 valence electrons. The molecule has 0 saturated carbocycles. The highest BCUT2D eigenvalue weighted by molar-refractivity contribution is 5.83. The Bertz CT molecular complexity index is 604. The van der Waals surface area contributed by atoms with Gasteiger partial charge in [-0.15, -0.1) is 0 Å². The van der Waals surface area contributed by atoms with Crippen LogP contribution in [0.4, 0.5) is 13.2 Å². The first-order chi connectivity index (χ1) is 12.8. The molecule has 4 nitrogen and oxygen atoms in total. The first-order valence-corrected chi connectivity index (χ1v) is 9.63. The third-order valence-corrected chi connectivity index (χ3v) is 5.76. The molecule has 2 N–H and O–H groups in total. The third-order valence-electron chi connectivity index (χ3n) is 5.76. The molecular weight excluding hydrogens is 355 g/mol. The summed E-state index contributed by atoms with van der Waals surface area (Å²) < 4.78 is 38.0. The number of hydrogen-bond acceptors (Lipinski definition) is 3. The number of rotatable bonds is 6. The molecule has 7 heteroatoms. The fourth-order valence-electron chi connectivity index (χ4n) is 3.65. The van der Waals surface area contributed by atoms with Crippen molar-refractivity contribution < 1.29 is 18.0 Å². The zero-order valence-corrected chi connectivity index (χ0v) is 16.2. The van der Waals surface area contributed by atoms with Gasteiger partial charge >= 0.3 is 6.18 Å². The van der Waals surface area contributed by atoms with Gasteiger partial charge in [0.25, 0.3) is 0 Å². The number of carbonyl (C=O) groups is 1. The van der Waals surface area contributed by atoms with Crippen molar-refractivity contribution >= 4 is 5.91 Å². The highest BCUT2D eigenvalue weighted by atomic mass is 19.4. The Morgan fingerprint density at radius 1 is 1.04 bits per heavy atom. The van der Waals surface area contributed by atoms with Crippen LogP contribution in [0, 0.1) is 5.41 Å². The topological polar surface area (TPSA) is 49.6 Å². The van der Waals surface area contributed by atoms with Gasteiger partial charge in [0.05, 0.1) is 11.0 Å². The van der Waals surface area contributed by atoms with E-state index in [1.807, 2.05) is 18.7 Å². The normalized spacial score (nSPS) is 17.0. The van der Waals surface area contributed by atoms with Crippen LogP contribution in [0.5, 0.6) is 0 Å². The van der Waals surface area contributed by atoms with Gasteiger partial charge in [0.2, 0.25) is 5.91 Å². The van der Waals surface area contributed by atoms with Crippen LogP contribution < -0.4 is 5.73 Å². The van der Waals surface area contributed by atoms with Crippen molar-refractivity contribution in [1.29, 1.82) is 0 Å². The SMILES string of the molecule is CCC(CC)(CN)C(=O)N1CCCN(Cc2ccc(C(F)(F)F)cc2)CC1. The largest absolute Gasteiger partial charge is 0.416 e. The van der Waals surface area contributed by atoms with Gasteiger partial charge in [0.15, 0.2) is 0 Å². The highest BCUT2D eigenvalue weighted by Crippen LogP contribution is 2.30. The second-order valence-corrected chi connectivity index (χ2v) is 7.31. The summed E-state index contributed by atoms with van der Waals surface area (Å²) in [7, 11) is 0. The van der Waals surface area contributed by atoms with E-state index >= 15 is 0 Å². The quantitative estimate of drug-likeness (QED) is 0.815. The maximum absolute atomic E-state index is 13.0. The molecule has 0 aromatic heterocycles. The van der Waals surface area contributed by atoms with E-state index in [4.69, 9.17) is 5.73 Å². The highest BCUT2D eigenvalue weighted by Gasteiger charge is 2.37. The van der Waals surface area contributed by atoms with Crippen LogP contribution in [0.1, 0.15) is 44.2 Å². The molecule has 0 radical (unpaired) electrons. The molecule has 0 aliphatic carbocycles. The van der Waals surface area contributed by atoms with E-state index in [1.165, 1.54) is 12.1 Å². The predicted octanol–water partition coefficient (Wildman–Crippen LogP) is 3.50. The molecule has 1 amide bonds. The molecule has 0 bridgehead atoms. The van der Waals surface area contributed by atoms with E-state index in [9.17, 15) is 18.0 Å². The average Bonchev–Trinajstić information content (AvgIpc) is 2.89. The molecule has 0 unspecified atom stereocenters. The molecule has 0 atom stereocenters. The average molecular weight is 385 g/mol. The minimum atomic E-state index is -4.31. The van der Waals surface area contributed by atoms with Crippen LogP contribution in [-0.2, 0) is 17.5 Å². The summed E-state index contributed by atoms with van der Waals surface area (Å²) >= 11 is 0. The summed E-state index contributed by atoms with van der Waals surface area (Å²) in [6.07, 6.45) is -2.01. The Hall–Kier alpha value is -1.60. The Balaban J connectivity index is 1.97. The van der Waals surface area contributed by atoms with Crippen LogP contribution in [0.15, 0.2) is 24.3 Å². The lowest BCUT2D eigenvalue weighted by Gasteiger charge is -2.34. The lowest BCUT2D eigenvalue weighted by molar-refractivity contribution is -0.142. The Kier molecular flexibility index (Phi) is 7.28.